The summed E-state index contributed by atoms with van der Waals surface area (Å²) in [5.74, 6) is 0.494. The van der Waals surface area contributed by atoms with Gasteiger partial charge in [-0.15, -0.1) is 0 Å². The number of thioether (sulfide) groups is 1. The van der Waals surface area contributed by atoms with Crippen LogP contribution in [0.4, 0.5) is 0 Å². The molecule has 1 atom stereocenters. The van der Waals surface area contributed by atoms with Crippen molar-refractivity contribution in [3.05, 3.63) is 34.3 Å². The molecule has 1 saturated heterocycles. The summed E-state index contributed by atoms with van der Waals surface area (Å²) in [4.78, 5) is 25.2. The Kier molecular flexibility index (Phi) is 4.94. The van der Waals surface area contributed by atoms with Crippen molar-refractivity contribution in [3.63, 3.8) is 0 Å². The van der Waals surface area contributed by atoms with E-state index in [1.54, 1.807) is 41.8 Å². The lowest BCUT2D eigenvalue weighted by molar-refractivity contribution is -0.138. The first-order chi connectivity index (χ1) is 9.50. The summed E-state index contributed by atoms with van der Waals surface area (Å²) in [5, 5.41) is 9.52. The van der Waals surface area contributed by atoms with Crippen molar-refractivity contribution in [3.8, 4) is 0 Å². The van der Waals surface area contributed by atoms with E-state index in [0.29, 0.717) is 22.9 Å². The zero-order chi connectivity index (χ0) is 14.7. The van der Waals surface area contributed by atoms with Crippen LogP contribution < -0.4 is 0 Å². The van der Waals surface area contributed by atoms with Crippen LogP contribution in [0.15, 0.2) is 18.2 Å². The number of rotatable bonds is 3. The molecule has 0 radical (unpaired) electrons. The number of hydrogen-bond donors (Lipinski definition) is 1. The summed E-state index contributed by atoms with van der Waals surface area (Å²) in [6.07, 6.45) is -0.0155. The molecule has 108 valence electrons. The third-order valence-corrected chi connectivity index (χ3v) is 4.90. The first-order valence-corrected chi connectivity index (χ1v) is 7.89. The van der Waals surface area contributed by atoms with Gasteiger partial charge in [-0.2, -0.15) is 11.8 Å². The largest absolute Gasteiger partial charge is 0.481 e. The fraction of sp³-hybridized carbons (Fsp3) is 0.429. The second-order valence-electron chi connectivity index (χ2n) is 4.74. The number of hydrogen-bond acceptors (Lipinski definition) is 3. The third kappa shape index (κ3) is 3.27. The molecule has 1 N–H and O–H groups in total. The number of aliphatic carboxylic acids is 1. The molecule has 1 heterocycles. The lowest BCUT2D eigenvalue weighted by atomic mass is 10.1. The molecular weight excluding hydrogens is 298 g/mol. The Bertz CT molecular complexity index is 535. The molecule has 4 nitrogen and oxygen atoms in total. The smallest absolute Gasteiger partial charge is 0.305 e. The van der Waals surface area contributed by atoms with Gasteiger partial charge in [-0.3, -0.25) is 9.59 Å². The molecular formula is C14H16ClNO3S. The third-order valence-electron chi connectivity index (χ3n) is 3.40. The van der Waals surface area contributed by atoms with E-state index in [1.165, 1.54) is 0 Å². The second-order valence-corrected chi connectivity index (χ2v) is 6.29. The first-order valence-electron chi connectivity index (χ1n) is 6.36. The van der Waals surface area contributed by atoms with Crippen LogP contribution in [0.1, 0.15) is 22.3 Å². The molecule has 6 heteroatoms. The highest BCUT2D eigenvalue weighted by Gasteiger charge is 2.30. The van der Waals surface area contributed by atoms with Gasteiger partial charge < -0.3 is 10.0 Å². The Morgan fingerprint density at radius 3 is 2.95 bits per heavy atom. The predicted molar refractivity (Wildman–Crippen MR) is 80.6 cm³/mol. The summed E-state index contributed by atoms with van der Waals surface area (Å²) in [7, 11) is 0. The van der Waals surface area contributed by atoms with Crippen LogP contribution in [0.5, 0.6) is 0 Å². The maximum absolute atomic E-state index is 12.6. The number of carboxylic acids is 1. The van der Waals surface area contributed by atoms with Crippen LogP contribution in [-0.2, 0) is 4.79 Å². The standard InChI is InChI=1S/C14H16ClNO3S/c1-9-11(3-2-4-12(9)15)14(19)16-5-6-20-8-10(16)7-13(17)18/h2-4,10H,5-8H2,1H3,(H,17,18). The molecule has 0 spiro atoms. The fourth-order valence-corrected chi connectivity index (χ4v) is 3.52. The molecule has 0 bridgehead atoms. The van der Waals surface area contributed by atoms with Gasteiger partial charge in [-0.05, 0) is 24.6 Å². The summed E-state index contributed by atoms with van der Waals surface area (Å²) in [6, 6.07) is 4.97. The maximum atomic E-state index is 12.6. The lowest BCUT2D eigenvalue weighted by Gasteiger charge is -2.35. The van der Waals surface area contributed by atoms with E-state index in [2.05, 4.69) is 0 Å². The normalized spacial score (nSPS) is 18.9. The number of nitrogens with zero attached hydrogens (tertiary/aromatic N) is 1. The Hall–Kier alpha value is -1.20. The Labute approximate surface area is 127 Å². The minimum absolute atomic E-state index is 0.0155. The SMILES string of the molecule is Cc1c(Cl)cccc1C(=O)N1CCSCC1CC(=O)O. The molecule has 0 aromatic heterocycles. The summed E-state index contributed by atoms with van der Waals surface area (Å²) < 4.78 is 0. The fourth-order valence-electron chi connectivity index (χ4n) is 2.29. The topological polar surface area (TPSA) is 57.6 Å². The van der Waals surface area contributed by atoms with Crippen molar-refractivity contribution < 1.29 is 14.7 Å². The summed E-state index contributed by atoms with van der Waals surface area (Å²) in [5.41, 5.74) is 1.30. The van der Waals surface area contributed by atoms with Gasteiger partial charge in [0.15, 0.2) is 0 Å². The van der Waals surface area contributed by atoms with Crippen molar-refractivity contribution in [1.29, 1.82) is 0 Å². The van der Waals surface area contributed by atoms with E-state index in [1.807, 2.05) is 0 Å². The molecule has 20 heavy (non-hydrogen) atoms. The van der Waals surface area contributed by atoms with Crippen LogP contribution in [-0.4, -0.2) is 46.0 Å². The predicted octanol–water partition coefficient (Wildman–Crippen LogP) is 2.68. The zero-order valence-electron chi connectivity index (χ0n) is 11.1. The summed E-state index contributed by atoms with van der Waals surface area (Å²) in [6.45, 7) is 2.38. The van der Waals surface area contributed by atoms with E-state index in [0.717, 1.165) is 11.3 Å². The van der Waals surface area contributed by atoms with Gasteiger partial charge in [-0.25, -0.2) is 0 Å². The Morgan fingerprint density at radius 1 is 1.50 bits per heavy atom. The molecule has 1 aromatic rings. The molecule has 0 aliphatic carbocycles. The molecule has 0 saturated carbocycles. The Morgan fingerprint density at radius 2 is 2.25 bits per heavy atom. The quantitative estimate of drug-likeness (QED) is 0.932. The maximum Gasteiger partial charge on any atom is 0.305 e. The van der Waals surface area contributed by atoms with Crippen molar-refractivity contribution in [2.75, 3.05) is 18.1 Å². The second kappa shape index (κ2) is 6.50. The monoisotopic (exact) mass is 313 g/mol. The van der Waals surface area contributed by atoms with Crippen LogP contribution in [0.25, 0.3) is 0 Å². The van der Waals surface area contributed by atoms with E-state index >= 15 is 0 Å². The number of carboxylic acid groups (broad SMARTS) is 1. The molecule has 1 fully saturated rings. The van der Waals surface area contributed by atoms with Gasteiger partial charge in [0.05, 0.1) is 12.5 Å². The minimum Gasteiger partial charge on any atom is -0.481 e. The van der Waals surface area contributed by atoms with E-state index in [-0.39, 0.29) is 18.4 Å². The molecule has 1 unspecified atom stereocenters. The molecule has 1 aliphatic rings. The average molecular weight is 314 g/mol. The number of benzene rings is 1. The van der Waals surface area contributed by atoms with E-state index in [4.69, 9.17) is 16.7 Å². The van der Waals surface area contributed by atoms with Crippen molar-refractivity contribution in [2.45, 2.75) is 19.4 Å². The lowest BCUT2D eigenvalue weighted by Crippen LogP contribution is -2.47. The van der Waals surface area contributed by atoms with Gasteiger partial charge in [0, 0.05) is 28.6 Å². The average Bonchev–Trinajstić information content (AvgIpc) is 2.41. The van der Waals surface area contributed by atoms with Gasteiger partial charge in [-0.1, -0.05) is 17.7 Å². The minimum atomic E-state index is -0.877. The number of carbonyl (C=O) groups is 2. The van der Waals surface area contributed by atoms with Crippen molar-refractivity contribution >= 4 is 35.2 Å². The number of halogens is 1. The highest BCUT2D eigenvalue weighted by atomic mass is 35.5. The van der Waals surface area contributed by atoms with Crippen molar-refractivity contribution in [1.82, 2.24) is 4.90 Å². The number of amides is 1. The molecule has 2 rings (SSSR count). The van der Waals surface area contributed by atoms with Gasteiger partial charge in [0.1, 0.15) is 0 Å². The first kappa shape index (κ1) is 15.2. The highest BCUT2D eigenvalue weighted by molar-refractivity contribution is 7.99. The van der Waals surface area contributed by atoms with Gasteiger partial charge >= 0.3 is 5.97 Å². The van der Waals surface area contributed by atoms with E-state index < -0.39 is 5.97 Å². The van der Waals surface area contributed by atoms with Gasteiger partial charge in [0.25, 0.3) is 5.91 Å². The van der Waals surface area contributed by atoms with Crippen LogP contribution in [0.3, 0.4) is 0 Å². The Balaban J connectivity index is 2.25. The zero-order valence-corrected chi connectivity index (χ0v) is 12.7. The molecule has 1 aromatic carbocycles. The number of carbonyl (C=O) groups excluding carboxylic acids is 1. The molecule has 1 aliphatic heterocycles. The van der Waals surface area contributed by atoms with Gasteiger partial charge in [0.2, 0.25) is 0 Å². The molecule has 1 amide bonds. The van der Waals surface area contributed by atoms with Crippen LogP contribution in [0, 0.1) is 6.92 Å². The van der Waals surface area contributed by atoms with E-state index in [9.17, 15) is 9.59 Å². The summed E-state index contributed by atoms with van der Waals surface area (Å²) >= 11 is 7.73. The highest BCUT2D eigenvalue weighted by Crippen LogP contribution is 2.25. The van der Waals surface area contributed by atoms with Crippen LogP contribution >= 0.6 is 23.4 Å². The van der Waals surface area contributed by atoms with Crippen LogP contribution in [0.2, 0.25) is 5.02 Å². The van der Waals surface area contributed by atoms with Crippen molar-refractivity contribution in [2.24, 2.45) is 0 Å².